The van der Waals surface area contributed by atoms with Crippen molar-refractivity contribution >= 4 is 33.8 Å². The van der Waals surface area contributed by atoms with Crippen LogP contribution < -0.4 is 14.9 Å². The second kappa shape index (κ2) is 9.48. The van der Waals surface area contributed by atoms with Gasteiger partial charge in [-0.1, -0.05) is 0 Å². The van der Waals surface area contributed by atoms with Gasteiger partial charge in [-0.25, -0.2) is 12.8 Å². The highest BCUT2D eigenvalue weighted by Gasteiger charge is 2.23. The van der Waals surface area contributed by atoms with Crippen LogP contribution in [0.1, 0.15) is 19.6 Å². The van der Waals surface area contributed by atoms with Crippen LogP contribution in [0.3, 0.4) is 0 Å². The van der Waals surface area contributed by atoms with Gasteiger partial charge in [0.1, 0.15) is 17.3 Å². The van der Waals surface area contributed by atoms with Crippen LogP contribution in [-0.4, -0.2) is 38.6 Å². The minimum absolute atomic E-state index is 0. The van der Waals surface area contributed by atoms with Gasteiger partial charge >= 0.3 is 0 Å². The molecule has 32 heavy (non-hydrogen) atoms. The molecule has 2 N–H and O–H groups in total. The molecule has 2 unspecified atom stereocenters. The number of piperazine rings is 1. The second-order valence-electron chi connectivity index (χ2n) is 7.96. The van der Waals surface area contributed by atoms with Crippen molar-refractivity contribution in [1.29, 1.82) is 0 Å². The number of halogens is 2. The van der Waals surface area contributed by atoms with Crippen molar-refractivity contribution < 1.29 is 17.2 Å². The molecule has 3 aromatic rings. The number of nitrogens with zero attached hydrogens (tertiary/aromatic N) is 2. The van der Waals surface area contributed by atoms with E-state index in [0.717, 1.165) is 24.8 Å². The van der Waals surface area contributed by atoms with E-state index in [-0.39, 0.29) is 22.9 Å². The number of rotatable bonds is 5. The number of sulfonamides is 1. The van der Waals surface area contributed by atoms with Crippen LogP contribution in [0.4, 0.5) is 15.8 Å². The first-order valence-corrected chi connectivity index (χ1v) is 11.5. The Morgan fingerprint density at radius 1 is 1.12 bits per heavy atom. The molecule has 0 aliphatic carbocycles. The minimum Gasteiger partial charge on any atom is -0.461 e. The molecule has 3 heterocycles. The fraction of sp³-hybridized carbons (Fsp3) is 0.318. The van der Waals surface area contributed by atoms with E-state index in [1.54, 1.807) is 31.3 Å². The molecule has 2 atom stereocenters. The summed E-state index contributed by atoms with van der Waals surface area (Å²) in [5.41, 5.74) is 1.36. The van der Waals surface area contributed by atoms with Crippen LogP contribution in [0.5, 0.6) is 0 Å². The van der Waals surface area contributed by atoms with Gasteiger partial charge in [-0.3, -0.25) is 9.71 Å². The van der Waals surface area contributed by atoms with Crippen molar-refractivity contribution in [3.8, 4) is 11.3 Å². The Balaban J connectivity index is 0.00000289. The van der Waals surface area contributed by atoms with E-state index in [0.29, 0.717) is 29.3 Å². The summed E-state index contributed by atoms with van der Waals surface area (Å²) in [5.74, 6) is 0.324. The van der Waals surface area contributed by atoms with E-state index < -0.39 is 15.8 Å². The standard InChI is InChI=1S/C22H25FN4O3S.ClH/c1-14-12-27(13-15(2)25-14)18-8-17(10-24-11-18)26-31(28,29)19-5-6-20(21(23)9-19)22-7-4-16(3)30-22;/h4-11,14-15,25-26H,12-13H2,1-3H3;1H. The molecule has 0 spiro atoms. The Morgan fingerprint density at radius 2 is 1.84 bits per heavy atom. The molecular weight excluding hydrogens is 455 g/mol. The highest BCUT2D eigenvalue weighted by Crippen LogP contribution is 2.28. The van der Waals surface area contributed by atoms with Crippen molar-refractivity contribution in [3.63, 3.8) is 0 Å². The SMILES string of the molecule is Cc1ccc(-c2ccc(S(=O)(=O)Nc3cncc(N4CC(C)NC(C)C4)c3)cc2F)o1.Cl. The van der Waals surface area contributed by atoms with Crippen molar-refractivity contribution in [3.05, 3.63) is 60.4 Å². The number of pyridine rings is 1. The zero-order chi connectivity index (χ0) is 22.2. The maximum atomic E-state index is 14.6. The lowest BCUT2D eigenvalue weighted by atomic mass is 10.1. The third kappa shape index (κ3) is 5.23. The van der Waals surface area contributed by atoms with Crippen molar-refractivity contribution in [2.24, 2.45) is 0 Å². The quantitative estimate of drug-likeness (QED) is 0.569. The molecule has 1 saturated heterocycles. The average molecular weight is 481 g/mol. The lowest BCUT2D eigenvalue weighted by molar-refractivity contribution is 0.407. The van der Waals surface area contributed by atoms with Gasteiger partial charge < -0.3 is 14.6 Å². The van der Waals surface area contributed by atoms with Gasteiger partial charge in [0, 0.05) is 25.2 Å². The van der Waals surface area contributed by atoms with E-state index in [2.05, 4.69) is 33.8 Å². The molecule has 1 fully saturated rings. The summed E-state index contributed by atoms with van der Waals surface area (Å²) < 4.78 is 48.2. The molecule has 0 radical (unpaired) electrons. The lowest BCUT2D eigenvalue weighted by Gasteiger charge is -2.37. The van der Waals surface area contributed by atoms with Gasteiger partial charge in [0.15, 0.2) is 0 Å². The Bertz CT molecular complexity index is 1190. The number of anilines is 2. The highest BCUT2D eigenvalue weighted by molar-refractivity contribution is 7.92. The zero-order valence-corrected chi connectivity index (χ0v) is 19.6. The lowest BCUT2D eigenvalue weighted by Crippen LogP contribution is -2.54. The zero-order valence-electron chi connectivity index (χ0n) is 18.0. The van der Waals surface area contributed by atoms with Gasteiger partial charge in [-0.15, -0.1) is 12.4 Å². The monoisotopic (exact) mass is 480 g/mol. The van der Waals surface area contributed by atoms with Crippen LogP contribution in [0.25, 0.3) is 11.3 Å². The fourth-order valence-corrected chi connectivity index (χ4v) is 4.90. The van der Waals surface area contributed by atoms with E-state index >= 15 is 0 Å². The normalized spacial score (nSPS) is 18.8. The molecule has 1 aliphatic rings. The summed E-state index contributed by atoms with van der Waals surface area (Å²) in [6.07, 6.45) is 3.15. The first-order valence-electron chi connectivity index (χ1n) is 10.1. The first kappa shape index (κ1) is 24.0. The van der Waals surface area contributed by atoms with Gasteiger partial charge in [0.2, 0.25) is 0 Å². The number of hydrogen-bond donors (Lipinski definition) is 2. The summed E-state index contributed by atoms with van der Waals surface area (Å²) in [4.78, 5) is 6.17. The van der Waals surface area contributed by atoms with Crippen molar-refractivity contribution in [2.75, 3.05) is 22.7 Å². The summed E-state index contributed by atoms with van der Waals surface area (Å²) in [6.45, 7) is 7.55. The topological polar surface area (TPSA) is 87.5 Å². The molecule has 0 bridgehead atoms. The Morgan fingerprint density at radius 3 is 2.47 bits per heavy atom. The molecule has 1 aromatic carbocycles. The van der Waals surface area contributed by atoms with E-state index in [1.165, 1.54) is 18.3 Å². The van der Waals surface area contributed by atoms with E-state index in [9.17, 15) is 12.8 Å². The third-order valence-corrected chi connectivity index (χ3v) is 6.53. The Labute approximate surface area is 193 Å². The smallest absolute Gasteiger partial charge is 0.262 e. The van der Waals surface area contributed by atoms with Crippen LogP contribution >= 0.6 is 12.4 Å². The number of benzene rings is 1. The number of nitrogens with one attached hydrogen (secondary N) is 2. The van der Waals surface area contributed by atoms with Crippen LogP contribution in [-0.2, 0) is 10.0 Å². The Hall–Kier alpha value is -2.62. The van der Waals surface area contributed by atoms with Crippen molar-refractivity contribution in [2.45, 2.75) is 37.8 Å². The highest BCUT2D eigenvalue weighted by atomic mass is 35.5. The predicted molar refractivity (Wildman–Crippen MR) is 125 cm³/mol. The van der Waals surface area contributed by atoms with E-state index in [4.69, 9.17) is 4.42 Å². The molecule has 4 rings (SSSR count). The van der Waals surface area contributed by atoms with Gasteiger partial charge in [0.25, 0.3) is 10.0 Å². The molecule has 0 amide bonds. The van der Waals surface area contributed by atoms with Gasteiger partial charge in [-0.2, -0.15) is 0 Å². The second-order valence-corrected chi connectivity index (χ2v) is 9.65. The maximum Gasteiger partial charge on any atom is 0.262 e. The fourth-order valence-electron chi connectivity index (χ4n) is 3.85. The van der Waals surface area contributed by atoms with Crippen molar-refractivity contribution in [1.82, 2.24) is 10.3 Å². The Kier molecular flexibility index (Phi) is 7.12. The molecule has 7 nitrogen and oxygen atoms in total. The third-order valence-electron chi connectivity index (χ3n) is 5.16. The average Bonchev–Trinajstić information content (AvgIpc) is 3.13. The van der Waals surface area contributed by atoms with Crippen LogP contribution in [0, 0.1) is 12.7 Å². The molecule has 2 aromatic heterocycles. The summed E-state index contributed by atoms with van der Waals surface area (Å²) in [7, 11) is -3.99. The predicted octanol–water partition coefficient (Wildman–Crippen LogP) is 4.20. The van der Waals surface area contributed by atoms with Crippen LogP contribution in [0.2, 0.25) is 0 Å². The summed E-state index contributed by atoms with van der Waals surface area (Å²) >= 11 is 0. The summed E-state index contributed by atoms with van der Waals surface area (Å²) in [5, 5.41) is 3.46. The molecule has 0 saturated carbocycles. The van der Waals surface area contributed by atoms with Gasteiger partial charge in [-0.05, 0) is 57.2 Å². The minimum atomic E-state index is -3.99. The number of furan rings is 1. The first-order chi connectivity index (χ1) is 14.7. The number of aromatic nitrogens is 1. The molecule has 172 valence electrons. The molecule has 10 heteroatoms. The largest absolute Gasteiger partial charge is 0.461 e. The maximum absolute atomic E-state index is 14.6. The summed E-state index contributed by atoms with van der Waals surface area (Å²) in [6, 6.07) is 9.48. The van der Waals surface area contributed by atoms with E-state index in [1.807, 2.05) is 0 Å². The van der Waals surface area contributed by atoms with Crippen LogP contribution in [0.15, 0.2) is 58.1 Å². The molecular formula is C22H26ClFN4O3S. The number of aryl methyl sites for hydroxylation is 1. The molecule has 1 aliphatic heterocycles. The number of hydrogen-bond acceptors (Lipinski definition) is 6. The van der Waals surface area contributed by atoms with Gasteiger partial charge in [0.05, 0.1) is 34.2 Å².